The topological polar surface area (TPSA) is 55.2 Å². The van der Waals surface area contributed by atoms with Gasteiger partial charge in [0.15, 0.2) is 5.58 Å². The monoisotopic (exact) mass is 451 g/mol. The van der Waals surface area contributed by atoms with Crippen molar-refractivity contribution in [3.8, 4) is 17.0 Å². The number of benzene rings is 3. The quantitative estimate of drug-likeness (QED) is 0.311. The van der Waals surface area contributed by atoms with Gasteiger partial charge in [-0.15, -0.1) is 0 Å². The Morgan fingerprint density at radius 2 is 1.56 bits per heavy atom. The van der Waals surface area contributed by atoms with Crippen LogP contribution in [-0.2, 0) is 6.42 Å². The first-order valence-electron chi connectivity index (χ1n) is 11.6. The van der Waals surface area contributed by atoms with Crippen LogP contribution < -0.4 is 10.2 Å². The van der Waals surface area contributed by atoms with Crippen LogP contribution in [0.4, 0.5) is 0 Å². The highest BCUT2D eigenvalue weighted by Gasteiger charge is 2.20. The van der Waals surface area contributed by atoms with Crippen molar-refractivity contribution < 1.29 is 9.15 Å². The van der Waals surface area contributed by atoms with Gasteiger partial charge in [-0.1, -0.05) is 53.6 Å². The van der Waals surface area contributed by atoms with E-state index < -0.39 is 0 Å². The molecule has 0 radical (unpaired) electrons. The molecule has 0 fully saturated rings. The molecule has 0 amide bonds. The molecule has 4 nitrogen and oxygen atoms in total. The van der Waals surface area contributed by atoms with Crippen LogP contribution in [0.25, 0.3) is 33.2 Å². The highest BCUT2D eigenvalue weighted by atomic mass is 16.5. The first-order valence-corrected chi connectivity index (χ1v) is 11.6. The normalized spacial score (nSPS) is 11.9. The zero-order valence-electron chi connectivity index (χ0n) is 20.3. The van der Waals surface area contributed by atoms with Gasteiger partial charge in [0.2, 0.25) is 5.43 Å². The number of rotatable bonds is 4. The zero-order valence-corrected chi connectivity index (χ0v) is 20.3. The van der Waals surface area contributed by atoms with Gasteiger partial charge >= 0.3 is 0 Å². The number of hydrogen-bond donors (Lipinski definition) is 1. The van der Waals surface area contributed by atoms with Crippen LogP contribution in [0.2, 0.25) is 0 Å². The summed E-state index contributed by atoms with van der Waals surface area (Å²) in [5.41, 5.74) is 6.93. The first-order chi connectivity index (χ1) is 16.2. The summed E-state index contributed by atoms with van der Waals surface area (Å²) in [5.74, 6) is 0.834. The Hall–Kier alpha value is -3.79. The van der Waals surface area contributed by atoms with Crippen LogP contribution in [0.1, 0.15) is 43.2 Å². The van der Waals surface area contributed by atoms with Crippen molar-refractivity contribution in [2.45, 2.75) is 46.6 Å². The lowest BCUT2D eigenvalue weighted by atomic mass is 10.0. The fraction of sp³-hybridized carbons (Fsp3) is 0.233. The van der Waals surface area contributed by atoms with Gasteiger partial charge in [-0.05, 0) is 70.0 Å². The molecule has 0 unspecified atom stereocenters. The second-order valence-corrected chi connectivity index (χ2v) is 10.0. The van der Waals surface area contributed by atoms with Crippen LogP contribution in [0.15, 0.2) is 75.9 Å². The highest BCUT2D eigenvalue weighted by molar-refractivity contribution is 6.00. The summed E-state index contributed by atoms with van der Waals surface area (Å²) in [5, 5.41) is 1.21. The number of fused-ring (bicyclic) bond motifs is 2. The Morgan fingerprint density at radius 1 is 0.882 bits per heavy atom. The van der Waals surface area contributed by atoms with E-state index in [4.69, 9.17) is 9.15 Å². The molecule has 2 aromatic heterocycles. The lowest BCUT2D eigenvalue weighted by molar-refractivity contribution is 0.131. The summed E-state index contributed by atoms with van der Waals surface area (Å²) in [4.78, 5) is 17.2. The van der Waals surface area contributed by atoms with Gasteiger partial charge < -0.3 is 14.1 Å². The molecule has 1 N–H and O–H groups in total. The van der Waals surface area contributed by atoms with E-state index in [1.54, 1.807) is 0 Å². The van der Waals surface area contributed by atoms with Gasteiger partial charge in [0, 0.05) is 6.42 Å². The summed E-state index contributed by atoms with van der Waals surface area (Å²) in [6.07, 6.45) is 0.610. The Bertz CT molecular complexity index is 1550. The minimum Gasteiger partial charge on any atom is -0.488 e. The van der Waals surface area contributed by atoms with E-state index in [2.05, 4.69) is 36.2 Å². The van der Waals surface area contributed by atoms with Gasteiger partial charge in [0.05, 0.1) is 22.2 Å². The second kappa shape index (κ2) is 8.21. The Labute approximate surface area is 199 Å². The van der Waals surface area contributed by atoms with E-state index in [0.717, 1.165) is 33.8 Å². The predicted molar refractivity (Wildman–Crippen MR) is 139 cm³/mol. The summed E-state index contributed by atoms with van der Waals surface area (Å²) in [7, 11) is 0. The van der Waals surface area contributed by atoms with Gasteiger partial charge in [-0.25, -0.2) is 0 Å². The first kappa shape index (κ1) is 22.0. The van der Waals surface area contributed by atoms with Crippen molar-refractivity contribution in [2.75, 3.05) is 0 Å². The van der Waals surface area contributed by atoms with Crippen LogP contribution in [0.3, 0.4) is 0 Å². The number of ether oxygens (including phenoxy) is 1. The molecule has 0 atom stereocenters. The summed E-state index contributed by atoms with van der Waals surface area (Å²) >= 11 is 0. The van der Waals surface area contributed by atoms with Gasteiger partial charge in [-0.3, -0.25) is 4.79 Å². The molecule has 5 rings (SSSR count). The molecular weight excluding hydrogens is 422 g/mol. The van der Waals surface area contributed by atoms with Gasteiger partial charge in [0.25, 0.3) is 0 Å². The lowest BCUT2D eigenvalue weighted by Gasteiger charge is -2.21. The summed E-state index contributed by atoms with van der Waals surface area (Å²) in [6.45, 7) is 10.1. The number of H-pyrrole nitrogens is 1. The minimum atomic E-state index is -0.247. The van der Waals surface area contributed by atoms with Crippen molar-refractivity contribution in [3.63, 3.8) is 0 Å². The maximum Gasteiger partial charge on any atom is 0.202 e. The molecular formula is C30H29NO3. The SMILES string of the molecule is Cc1ccc(-c2[nH]c(Cc3ccc(OC(C)(C)C)cc3)c3oc4ccc(C)cc4c(=O)c23)cc1. The van der Waals surface area contributed by atoms with E-state index in [1.807, 2.05) is 70.2 Å². The number of aromatic amines is 1. The summed E-state index contributed by atoms with van der Waals surface area (Å²) < 4.78 is 12.3. The van der Waals surface area contributed by atoms with E-state index in [1.165, 1.54) is 5.56 Å². The van der Waals surface area contributed by atoms with Gasteiger partial charge in [-0.2, -0.15) is 0 Å². The lowest BCUT2D eigenvalue weighted by Crippen LogP contribution is -2.22. The van der Waals surface area contributed by atoms with Crippen molar-refractivity contribution >= 4 is 21.9 Å². The Kier molecular flexibility index (Phi) is 5.32. The third-order valence-electron chi connectivity index (χ3n) is 5.91. The molecule has 0 aliphatic heterocycles. The number of aryl methyl sites for hydroxylation is 2. The van der Waals surface area contributed by atoms with Crippen molar-refractivity contribution in [1.82, 2.24) is 4.98 Å². The molecule has 0 saturated carbocycles. The minimum absolute atomic E-state index is 0.00745. The van der Waals surface area contributed by atoms with Crippen molar-refractivity contribution in [2.24, 2.45) is 0 Å². The molecule has 5 aromatic rings. The van der Waals surface area contributed by atoms with Crippen molar-refractivity contribution in [3.05, 3.63) is 99.3 Å². The van der Waals surface area contributed by atoms with E-state index >= 15 is 0 Å². The Balaban J connectivity index is 1.66. The molecule has 172 valence electrons. The van der Waals surface area contributed by atoms with E-state index in [-0.39, 0.29) is 11.0 Å². The predicted octanol–water partition coefficient (Wildman–Crippen LogP) is 7.33. The largest absolute Gasteiger partial charge is 0.488 e. The molecule has 0 saturated heterocycles. The van der Waals surface area contributed by atoms with Crippen molar-refractivity contribution in [1.29, 1.82) is 0 Å². The standard InChI is InChI=1S/C30H29NO3/c1-18-6-11-21(12-7-18)27-26-28(32)23-16-19(2)8-15-25(23)33-29(26)24(31-27)17-20-9-13-22(14-10-20)34-30(3,4)5/h6-16,31H,17H2,1-5H3. The maximum atomic E-state index is 13.6. The molecule has 0 aliphatic rings. The third kappa shape index (κ3) is 4.24. The second-order valence-electron chi connectivity index (χ2n) is 10.0. The molecule has 0 bridgehead atoms. The van der Waals surface area contributed by atoms with Crippen LogP contribution in [-0.4, -0.2) is 10.6 Å². The van der Waals surface area contributed by atoms with Crippen LogP contribution in [0.5, 0.6) is 5.75 Å². The van der Waals surface area contributed by atoms with Crippen LogP contribution in [0, 0.1) is 13.8 Å². The average molecular weight is 452 g/mol. The molecule has 0 spiro atoms. The third-order valence-corrected chi connectivity index (χ3v) is 5.91. The molecule has 2 heterocycles. The highest BCUT2D eigenvalue weighted by Crippen LogP contribution is 2.33. The number of aromatic nitrogens is 1. The summed E-state index contributed by atoms with van der Waals surface area (Å²) in [6, 6.07) is 22.0. The molecule has 3 aromatic carbocycles. The maximum absolute atomic E-state index is 13.6. The Morgan fingerprint density at radius 3 is 2.24 bits per heavy atom. The fourth-order valence-electron chi connectivity index (χ4n) is 4.31. The van der Waals surface area contributed by atoms with Gasteiger partial charge in [0.1, 0.15) is 16.9 Å². The number of nitrogens with one attached hydrogen (secondary N) is 1. The van der Waals surface area contributed by atoms with E-state index in [9.17, 15) is 4.79 Å². The number of hydrogen-bond acceptors (Lipinski definition) is 3. The van der Waals surface area contributed by atoms with Crippen LogP contribution >= 0.6 is 0 Å². The molecule has 4 heteroatoms. The zero-order chi connectivity index (χ0) is 24.0. The molecule has 34 heavy (non-hydrogen) atoms. The smallest absolute Gasteiger partial charge is 0.202 e. The average Bonchev–Trinajstić information content (AvgIpc) is 3.13. The fourth-order valence-corrected chi connectivity index (χ4v) is 4.31. The van der Waals surface area contributed by atoms with E-state index in [0.29, 0.717) is 28.4 Å². The molecule has 0 aliphatic carbocycles.